The Morgan fingerprint density at radius 3 is 2.69 bits per heavy atom. The van der Waals surface area contributed by atoms with E-state index in [1.54, 1.807) is 23.9 Å². The van der Waals surface area contributed by atoms with Gasteiger partial charge in [-0.3, -0.25) is 9.69 Å². The van der Waals surface area contributed by atoms with E-state index < -0.39 is 0 Å². The molecule has 0 bridgehead atoms. The molecule has 2 saturated heterocycles. The molecule has 0 aliphatic carbocycles. The molecule has 1 atom stereocenters. The number of aliphatic hydroxyl groups is 1. The van der Waals surface area contributed by atoms with Gasteiger partial charge in [0.15, 0.2) is 0 Å². The molecule has 2 fully saturated rings. The fourth-order valence-corrected chi connectivity index (χ4v) is 4.42. The highest BCUT2D eigenvalue weighted by molar-refractivity contribution is 5.43. The standard InChI is InChI=1S/C22H29FN4O2/c1-16-11-17(4-5-21(16)23)14-25-8-2-3-18(15-25)27-22(29)12-19(13-24-27)26-9-6-20(28)7-10-26/h4-5,11-13,18,20,28H,2-3,6-10,14-15H2,1H3/t18-/m1/s1. The molecule has 2 aromatic rings. The Hall–Kier alpha value is -2.25. The number of likely N-dealkylation sites (tertiary alicyclic amines) is 1. The first-order valence-corrected chi connectivity index (χ1v) is 10.5. The van der Waals surface area contributed by atoms with Crippen LogP contribution in [-0.2, 0) is 6.54 Å². The van der Waals surface area contributed by atoms with Gasteiger partial charge in [-0.05, 0) is 56.3 Å². The van der Waals surface area contributed by atoms with Crippen molar-refractivity contribution < 1.29 is 9.50 Å². The molecule has 0 amide bonds. The molecule has 2 aliphatic heterocycles. The van der Waals surface area contributed by atoms with Gasteiger partial charge in [0.05, 0.1) is 24.0 Å². The first-order chi connectivity index (χ1) is 14.0. The van der Waals surface area contributed by atoms with Gasteiger partial charge in [0.2, 0.25) is 0 Å². The number of aromatic nitrogens is 2. The molecule has 0 radical (unpaired) electrons. The van der Waals surface area contributed by atoms with Crippen LogP contribution >= 0.6 is 0 Å². The number of aryl methyl sites for hydroxylation is 1. The van der Waals surface area contributed by atoms with Crippen molar-refractivity contribution in [3.63, 3.8) is 0 Å². The maximum atomic E-state index is 13.5. The van der Waals surface area contributed by atoms with Crippen molar-refractivity contribution >= 4 is 5.69 Å². The van der Waals surface area contributed by atoms with E-state index in [4.69, 9.17) is 0 Å². The van der Waals surface area contributed by atoms with Crippen LogP contribution in [0.25, 0.3) is 0 Å². The molecule has 3 heterocycles. The monoisotopic (exact) mass is 400 g/mol. The third kappa shape index (κ3) is 4.67. The number of halogens is 1. The molecule has 0 unspecified atom stereocenters. The Bertz CT molecular complexity index is 908. The fourth-order valence-electron chi connectivity index (χ4n) is 4.42. The quantitative estimate of drug-likeness (QED) is 0.855. The summed E-state index contributed by atoms with van der Waals surface area (Å²) in [5.41, 5.74) is 2.52. The molecule has 1 aromatic carbocycles. The van der Waals surface area contributed by atoms with E-state index in [0.717, 1.165) is 69.7 Å². The van der Waals surface area contributed by atoms with Gasteiger partial charge in [-0.15, -0.1) is 0 Å². The molecular formula is C22H29FN4O2. The first kappa shape index (κ1) is 20.0. The van der Waals surface area contributed by atoms with Crippen molar-refractivity contribution in [2.45, 2.75) is 51.3 Å². The normalized spacial score (nSPS) is 21.5. The van der Waals surface area contributed by atoms with Crippen molar-refractivity contribution in [2.75, 3.05) is 31.1 Å². The average Bonchev–Trinajstić information content (AvgIpc) is 2.71. The zero-order valence-electron chi connectivity index (χ0n) is 16.9. The van der Waals surface area contributed by atoms with Crippen LogP contribution in [0.1, 0.15) is 42.9 Å². The molecule has 6 nitrogen and oxygen atoms in total. The lowest BCUT2D eigenvalue weighted by atomic mass is 10.0. The Morgan fingerprint density at radius 2 is 1.97 bits per heavy atom. The second-order valence-electron chi connectivity index (χ2n) is 8.33. The Labute approximate surface area is 170 Å². The van der Waals surface area contributed by atoms with Crippen molar-refractivity contribution in [1.29, 1.82) is 0 Å². The van der Waals surface area contributed by atoms with Crippen LogP contribution in [0.2, 0.25) is 0 Å². The summed E-state index contributed by atoms with van der Waals surface area (Å²) in [4.78, 5) is 17.2. The molecule has 7 heteroatoms. The summed E-state index contributed by atoms with van der Waals surface area (Å²) in [6, 6.07) is 6.98. The molecule has 0 saturated carbocycles. The Balaban J connectivity index is 1.43. The SMILES string of the molecule is Cc1cc(CN2CCC[C@@H](n3ncc(N4CCC(O)CC4)cc3=O)C2)ccc1F. The summed E-state index contributed by atoms with van der Waals surface area (Å²) in [7, 11) is 0. The van der Waals surface area contributed by atoms with Crippen LogP contribution in [0.15, 0.2) is 35.3 Å². The van der Waals surface area contributed by atoms with Gasteiger partial charge in [0.1, 0.15) is 5.82 Å². The number of benzene rings is 1. The number of nitrogens with zero attached hydrogens (tertiary/aromatic N) is 4. The molecule has 156 valence electrons. The van der Waals surface area contributed by atoms with Gasteiger partial charge >= 0.3 is 0 Å². The van der Waals surface area contributed by atoms with Crippen LogP contribution in [0.3, 0.4) is 0 Å². The lowest BCUT2D eigenvalue weighted by Gasteiger charge is -2.34. The first-order valence-electron chi connectivity index (χ1n) is 10.5. The Morgan fingerprint density at radius 1 is 1.17 bits per heavy atom. The van der Waals surface area contributed by atoms with E-state index in [1.807, 2.05) is 12.1 Å². The van der Waals surface area contributed by atoms with Crippen LogP contribution in [0.4, 0.5) is 10.1 Å². The highest BCUT2D eigenvalue weighted by Gasteiger charge is 2.24. The number of piperidine rings is 2. The number of rotatable bonds is 4. The van der Waals surface area contributed by atoms with Gasteiger partial charge in [0.25, 0.3) is 5.56 Å². The molecule has 1 N–H and O–H groups in total. The highest BCUT2D eigenvalue weighted by atomic mass is 19.1. The zero-order chi connectivity index (χ0) is 20.4. The van der Waals surface area contributed by atoms with Crippen molar-refractivity contribution in [3.05, 3.63) is 57.8 Å². The second kappa shape index (κ2) is 8.63. The largest absolute Gasteiger partial charge is 0.393 e. The van der Waals surface area contributed by atoms with E-state index >= 15 is 0 Å². The Kier molecular flexibility index (Phi) is 5.96. The zero-order valence-corrected chi connectivity index (χ0v) is 16.9. The van der Waals surface area contributed by atoms with Crippen molar-refractivity contribution in [2.24, 2.45) is 0 Å². The van der Waals surface area contributed by atoms with Gasteiger partial charge < -0.3 is 10.0 Å². The maximum absolute atomic E-state index is 13.5. The minimum atomic E-state index is -0.238. The molecule has 4 rings (SSSR count). The minimum Gasteiger partial charge on any atom is -0.393 e. The summed E-state index contributed by atoms with van der Waals surface area (Å²) in [5.74, 6) is -0.177. The van der Waals surface area contributed by atoms with Crippen molar-refractivity contribution in [1.82, 2.24) is 14.7 Å². The predicted molar refractivity (Wildman–Crippen MR) is 111 cm³/mol. The van der Waals surface area contributed by atoms with E-state index in [9.17, 15) is 14.3 Å². The van der Waals surface area contributed by atoms with Gasteiger partial charge in [-0.1, -0.05) is 12.1 Å². The smallest absolute Gasteiger partial charge is 0.269 e. The van der Waals surface area contributed by atoms with Crippen LogP contribution in [-0.4, -0.2) is 52.1 Å². The predicted octanol–water partition coefficient (Wildman–Crippen LogP) is 2.49. The average molecular weight is 400 g/mol. The summed E-state index contributed by atoms with van der Waals surface area (Å²) in [5, 5.41) is 14.2. The lowest BCUT2D eigenvalue weighted by molar-refractivity contribution is 0.145. The van der Waals surface area contributed by atoms with Gasteiger partial charge in [-0.25, -0.2) is 9.07 Å². The lowest BCUT2D eigenvalue weighted by Crippen LogP contribution is -2.41. The topological polar surface area (TPSA) is 61.6 Å². The van der Waals surface area contributed by atoms with E-state index in [2.05, 4.69) is 14.9 Å². The molecule has 0 spiro atoms. The van der Waals surface area contributed by atoms with Gasteiger partial charge in [0, 0.05) is 32.2 Å². The third-order valence-corrected chi connectivity index (χ3v) is 6.10. The molecule has 1 aromatic heterocycles. The minimum absolute atomic E-state index is 0.0509. The summed E-state index contributed by atoms with van der Waals surface area (Å²) in [6.45, 7) is 5.77. The molecule has 2 aliphatic rings. The number of aliphatic hydroxyl groups excluding tert-OH is 1. The maximum Gasteiger partial charge on any atom is 0.269 e. The van der Waals surface area contributed by atoms with E-state index in [1.165, 1.54) is 6.07 Å². The van der Waals surface area contributed by atoms with Crippen LogP contribution in [0, 0.1) is 12.7 Å². The third-order valence-electron chi connectivity index (χ3n) is 6.10. The molecule has 29 heavy (non-hydrogen) atoms. The van der Waals surface area contributed by atoms with Gasteiger partial charge in [-0.2, -0.15) is 5.10 Å². The fraction of sp³-hybridized carbons (Fsp3) is 0.545. The number of hydrogen-bond donors (Lipinski definition) is 1. The molecular weight excluding hydrogens is 371 g/mol. The second-order valence-corrected chi connectivity index (χ2v) is 8.33. The number of hydrogen-bond acceptors (Lipinski definition) is 5. The van der Waals surface area contributed by atoms with Crippen molar-refractivity contribution in [3.8, 4) is 0 Å². The highest BCUT2D eigenvalue weighted by Crippen LogP contribution is 2.23. The van der Waals surface area contributed by atoms with E-state index in [0.29, 0.717) is 5.56 Å². The number of anilines is 1. The summed E-state index contributed by atoms with van der Waals surface area (Å²) < 4.78 is 15.1. The summed E-state index contributed by atoms with van der Waals surface area (Å²) >= 11 is 0. The van der Waals surface area contributed by atoms with Crippen LogP contribution < -0.4 is 10.5 Å². The summed E-state index contributed by atoms with van der Waals surface area (Å²) in [6.07, 6.45) is 4.93. The van der Waals surface area contributed by atoms with E-state index in [-0.39, 0.29) is 23.5 Å². The van der Waals surface area contributed by atoms with Crippen LogP contribution in [0.5, 0.6) is 0 Å².